The number of alkyl halides is 1. The zero-order valence-electron chi connectivity index (χ0n) is 15.5. The largest absolute Gasteiger partial charge is 0.369 e. The predicted octanol–water partition coefficient (Wildman–Crippen LogP) is 1.23. The first-order chi connectivity index (χ1) is 13.0. The lowest BCUT2D eigenvalue weighted by atomic mass is 9.92. The van der Waals surface area contributed by atoms with Gasteiger partial charge in [0.25, 0.3) is 0 Å². The number of piperidine rings is 2. The van der Waals surface area contributed by atoms with E-state index in [2.05, 4.69) is 15.7 Å². The third-order valence-electron chi connectivity index (χ3n) is 5.71. The van der Waals surface area contributed by atoms with E-state index in [1.54, 1.807) is 4.68 Å². The maximum atomic E-state index is 14.3. The van der Waals surface area contributed by atoms with Gasteiger partial charge in [0, 0.05) is 38.1 Å². The monoisotopic (exact) mass is 373 g/mol. The maximum Gasteiger partial charge on any atom is 0.235 e. The molecule has 0 aliphatic carbocycles. The molecule has 4 rings (SSSR count). The molecule has 0 bridgehead atoms. The van der Waals surface area contributed by atoms with Crippen molar-refractivity contribution in [3.05, 3.63) is 23.9 Å². The molecule has 1 unspecified atom stereocenters. The number of nitrogens with one attached hydrogen (secondary N) is 2. The Morgan fingerprint density at radius 3 is 2.85 bits per heavy atom. The second kappa shape index (κ2) is 6.92. The molecule has 1 aromatic heterocycles. The summed E-state index contributed by atoms with van der Waals surface area (Å²) in [7, 11) is 3.76. The average Bonchev–Trinajstić information content (AvgIpc) is 2.97. The van der Waals surface area contributed by atoms with E-state index < -0.39 is 12.1 Å². The van der Waals surface area contributed by atoms with Crippen LogP contribution in [0.4, 0.5) is 10.1 Å². The number of anilines is 1. The summed E-state index contributed by atoms with van der Waals surface area (Å²) in [5.74, 6) is -0.944. The molecule has 0 spiro atoms. The van der Waals surface area contributed by atoms with Gasteiger partial charge in [-0.05, 0) is 37.6 Å². The van der Waals surface area contributed by atoms with Crippen molar-refractivity contribution in [1.82, 2.24) is 20.4 Å². The Hall–Kier alpha value is -2.48. The number of benzene rings is 1. The van der Waals surface area contributed by atoms with Crippen LogP contribution in [0.2, 0.25) is 0 Å². The molecular weight excluding hydrogens is 349 g/mol. The standard InChI is InChI=1S/C19H24FN5O2/c1-24(15-7-8-21-10-14(15)20)11-3-4-12-16(9-11)25(2)23-18(12)13-5-6-17(26)22-19(13)27/h3-4,9,13-15,21H,5-8,10H2,1-2H3,(H,22,26,27)/t13?,14-,15-/m1/s1. The van der Waals surface area contributed by atoms with Crippen LogP contribution in [0.1, 0.15) is 30.9 Å². The number of aryl methyl sites for hydroxylation is 1. The summed E-state index contributed by atoms with van der Waals surface area (Å²) in [5.41, 5.74) is 2.51. The van der Waals surface area contributed by atoms with Gasteiger partial charge in [0.2, 0.25) is 11.8 Å². The van der Waals surface area contributed by atoms with Crippen LogP contribution in [0.5, 0.6) is 0 Å². The summed E-state index contributed by atoms with van der Waals surface area (Å²) in [4.78, 5) is 25.6. The normalized spacial score (nSPS) is 26.3. The van der Waals surface area contributed by atoms with Crippen molar-refractivity contribution in [1.29, 1.82) is 0 Å². The van der Waals surface area contributed by atoms with Gasteiger partial charge in [-0.2, -0.15) is 5.10 Å². The quantitative estimate of drug-likeness (QED) is 0.791. The van der Waals surface area contributed by atoms with Crippen molar-refractivity contribution >= 4 is 28.4 Å². The van der Waals surface area contributed by atoms with Gasteiger partial charge in [-0.1, -0.05) is 0 Å². The molecule has 8 heteroatoms. The Morgan fingerprint density at radius 2 is 2.11 bits per heavy atom. The highest BCUT2D eigenvalue weighted by molar-refractivity contribution is 6.02. The van der Waals surface area contributed by atoms with E-state index in [0.29, 0.717) is 25.1 Å². The third kappa shape index (κ3) is 3.18. The smallest absolute Gasteiger partial charge is 0.235 e. The van der Waals surface area contributed by atoms with Crippen LogP contribution in [-0.4, -0.2) is 53.9 Å². The zero-order valence-corrected chi connectivity index (χ0v) is 15.5. The van der Waals surface area contributed by atoms with Crippen LogP contribution in [0.3, 0.4) is 0 Å². The SMILES string of the molecule is CN(c1ccc2c(C3CCC(=O)NC3=O)nn(C)c2c1)[C@@H]1CCNC[C@H]1F. The molecule has 2 amide bonds. The number of nitrogens with zero attached hydrogens (tertiary/aromatic N) is 3. The molecule has 2 fully saturated rings. The van der Waals surface area contributed by atoms with E-state index in [1.807, 2.05) is 37.2 Å². The molecule has 144 valence electrons. The van der Waals surface area contributed by atoms with E-state index in [1.165, 1.54) is 0 Å². The number of carbonyl (C=O) groups is 2. The van der Waals surface area contributed by atoms with E-state index in [9.17, 15) is 14.0 Å². The highest BCUT2D eigenvalue weighted by Gasteiger charge is 2.32. The highest BCUT2D eigenvalue weighted by atomic mass is 19.1. The fourth-order valence-corrected chi connectivity index (χ4v) is 4.14. The number of aromatic nitrogens is 2. The number of halogens is 1. The molecule has 27 heavy (non-hydrogen) atoms. The summed E-state index contributed by atoms with van der Waals surface area (Å²) in [5, 5.41) is 10.9. The maximum absolute atomic E-state index is 14.3. The van der Waals surface area contributed by atoms with Crippen LogP contribution in [0.15, 0.2) is 18.2 Å². The molecule has 7 nitrogen and oxygen atoms in total. The lowest BCUT2D eigenvalue weighted by Gasteiger charge is -2.35. The lowest BCUT2D eigenvalue weighted by Crippen LogP contribution is -2.49. The number of hydrogen-bond donors (Lipinski definition) is 2. The zero-order chi connectivity index (χ0) is 19.1. The van der Waals surface area contributed by atoms with E-state index in [-0.39, 0.29) is 17.9 Å². The highest BCUT2D eigenvalue weighted by Crippen LogP contribution is 2.33. The Labute approximate surface area is 156 Å². The molecule has 2 aliphatic heterocycles. The second-order valence-electron chi connectivity index (χ2n) is 7.40. The van der Waals surface area contributed by atoms with Gasteiger partial charge in [0.1, 0.15) is 6.17 Å². The minimum atomic E-state index is -0.912. The molecule has 0 saturated carbocycles. The number of amides is 2. The van der Waals surface area contributed by atoms with Gasteiger partial charge in [-0.15, -0.1) is 0 Å². The Bertz CT molecular complexity index is 896. The van der Waals surface area contributed by atoms with Crippen LogP contribution in [0.25, 0.3) is 10.9 Å². The minimum absolute atomic E-state index is 0.161. The number of fused-ring (bicyclic) bond motifs is 1. The number of rotatable bonds is 3. The Balaban J connectivity index is 1.67. The van der Waals surface area contributed by atoms with Crippen LogP contribution < -0.4 is 15.5 Å². The van der Waals surface area contributed by atoms with Gasteiger partial charge < -0.3 is 10.2 Å². The molecule has 2 aliphatic rings. The molecule has 1 aromatic carbocycles. The molecular formula is C19H24FN5O2. The van der Waals surface area contributed by atoms with Crippen LogP contribution in [0, 0.1) is 0 Å². The molecule has 2 saturated heterocycles. The molecule has 2 N–H and O–H groups in total. The first kappa shape index (κ1) is 17.9. The third-order valence-corrected chi connectivity index (χ3v) is 5.71. The number of hydrogen-bond acceptors (Lipinski definition) is 5. The summed E-state index contributed by atoms with van der Waals surface area (Å²) < 4.78 is 16.1. The number of carbonyl (C=O) groups excluding carboxylic acids is 2. The summed E-state index contributed by atoms with van der Waals surface area (Å²) in [6.45, 7) is 1.19. The van der Waals surface area contributed by atoms with Crippen molar-refractivity contribution < 1.29 is 14.0 Å². The Morgan fingerprint density at radius 1 is 1.30 bits per heavy atom. The van der Waals surface area contributed by atoms with Gasteiger partial charge in [0.05, 0.1) is 23.2 Å². The molecule has 3 atom stereocenters. The molecule has 3 heterocycles. The Kier molecular flexibility index (Phi) is 4.59. The average molecular weight is 373 g/mol. The van der Waals surface area contributed by atoms with Gasteiger partial charge in [-0.3, -0.25) is 19.6 Å². The summed E-state index contributed by atoms with van der Waals surface area (Å²) >= 11 is 0. The summed E-state index contributed by atoms with van der Waals surface area (Å²) in [6.07, 6.45) is 0.632. The van der Waals surface area contributed by atoms with Crippen LogP contribution in [-0.2, 0) is 16.6 Å². The van der Waals surface area contributed by atoms with Crippen molar-refractivity contribution in [2.45, 2.75) is 37.4 Å². The van der Waals surface area contributed by atoms with Gasteiger partial charge in [0.15, 0.2) is 0 Å². The fraction of sp³-hybridized carbons (Fsp3) is 0.526. The van der Waals surface area contributed by atoms with Crippen LogP contribution >= 0.6 is 0 Å². The van der Waals surface area contributed by atoms with Gasteiger partial charge >= 0.3 is 0 Å². The first-order valence-corrected chi connectivity index (χ1v) is 9.33. The van der Waals surface area contributed by atoms with Crippen molar-refractivity contribution in [2.75, 3.05) is 25.0 Å². The van der Waals surface area contributed by atoms with E-state index in [4.69, 9.17) is 0 Å². The van der Waals surface area contributed by atoms with Crippen molar-refractivity contribution in [3.8, 4) is 0 Å². The second-order valence-corrected chi connectivity index (χ2v) is 7.40. The van der Waals surface area contributed by atoms with E-state index >= 15 is 0 Å². The minimum Gasteiger partial charge on any atom is -0.369 e. The number of imide groups is 1. The molecule has 0 radical (unpaired) electrons. The van der Waals surface area contributed by atoms with Crippen molar-refractivity contribution in [3.63, 3.8) is 0 Å². The van der Waals surface area contributed by atoms with E-state index in [0.717, 1.165) is 29.6 Å². The fourth-order valence-electron chi connectivity index (χ4n) is 4.14. The lowest BCUT2D eigenvalue weighted by molar-refractivity contribution is -0.134. The molecule has 2 aromatic rings. The summed E-state index contributed by atoms with van der Waals surface area (Å²) in [6, 6.07) is 5.73. The van der Waals surface area contributed by atoms with Crippen molar-refractivity contribution in [2.24, 2.45) is 7.05 Å². The predicted molar refractivity (Wildman–Crippen MR) is 100 cm³/mol. The van der Waals surface area contributed by atoms with Gasteiger partial charge in [-0.25, -0.2) is 4.39 Å². The first-order valence-electron chi connectivity index (χ1n) is 9.33. The topological polar surface area (TPSA) is 79.3 Å².